The lowest BCUT2D eigenvalue weighted by Gasteiger charge is -2.24. The second kappa shape index (κ2) is 26.6. The number of hydrogen-bond donors (Lipinski definition) is 2. The van der Waals surface area contributed by atoms with Gasteiger partial charge in [-0.1, -0.05) is 6.92 Å². The van der Waals surface area contributed by atoms with Gasteiger partial charge in [-0.25, -0.2) is 19.9 Å². The summed E-state index contributed by atoms with van der Waals surface area (Å²) in [5, 5.41) is 0. The third-order valence-corrected chi connectivity index (χ3v) is 12.0. The Morgan fingerprint density at radius 1 is 0.667 bits per heavy atom. The predicted octanol–water partition coefficient (Wildman–Crippen LogP) is 2.37. The molecule has 57 heavy (non-hydrogen) atoms. The summed E-state index contributed by atoms with van der Waals surface area (Å²) >= 11 is 0. The minimum absolute atomic E-state index is 0.208. The number of aromatic nitrogens is 8. The average Bonchev–Trinajstić information content (AvgIpc) is 3.80. The van der Waals surface area contributed by atoms with Gasteiger partial charge in [0.2, 0.25) is 0 Å². The number of aromatic amines is 2. The van der Waals surface area contributed by atoms with Crippen molar-refractivity contribution in [1.29, 1.82) is 0 Å². The molecule has 0 radical (unpaired) electrons. The number of fused-ring (bicyclic) bond motifs is 2. The molecule has 4 rings (SSSR count). The first-order valence-electron chi connectivity index (χ1n) is 18.5. The van der Waals surface area contributed by atoms with Gasteiger partial charge in [0, 0.05) is 45.8 Å². The fourth-order valence-electron chi connectivity index (χ4n) is 5.47. The van der Waals surface area contributed by atoms with Crippen molar-refractivity contribution >= 4 is 50.1 Å². The number of ether oxygens (including phenoxy) is 1. The van der Waals surface area contributed by atoms with Gasteiger partial charge in [-0.15, -0.1) is 0 Å². The van der Waals surface area contributed by atoms with Crippen LogP contribution in [-0.2, 0) is 59.4 Å². The number of nitrogens with one attached hydrogen (secondary N) is 2. The third kappa shape index (κ3) is 16.6. The summed E-state index contributed by atoms with van der Waals surface area (Å²) in [5.41, 5.74) is 1.13. The summed E-state index contributed by atoms with van der Waals surface area (Å²) in [4.78, 5) is 75.9. The van der Waals surface area contributed by atoms with E-state index in [9.17, 15) is 23.5 Å². The van der Waals surface area contributed by atoms with Crippen LogP contribution in [0.5, 0.6) is 0 Å². The van der Waals surface area contributed by atoms with Gasteiger partial charge in [-0.05, 0) is 40.7 Å². The third-order valence-electron chi connectivity index (χ3n) is 7.95. The highest BCUT2D eigenvalue weighted by Crippen LogP contribution is 2.48. The van der Waals surface area contributed by atoms with Crippen LogP contribution in [0.25, 0.3) is 22.3 Å². The minimum Gasteiger partial charge on any atom is -0.467 e. The van der Waals surface area contributed by atoms with Crippen molar-refractivity contribution in [3.05, 3.63) is 46.0 Å². The summed E-state index contributed by atoms with van der Waals surface area (Å²) in [5.74, 6) is 0. The van der Waals surface area contributed by atoms with Crippen LogP contribution in [0.1, 0.15) is 41.0 Å². The second-order valence-corrected chi connectivity index (χ2v) is 16.1. The molecule has 2 N–H and O–H groups in total. The van der Waals surface area contributed by atoms with Gasteiger partial charge in [0.05, 0.1) is 64.1 Å². The quantitative estimate of drug-likeness (QED) is 0.0522. The second-order valence-electron chi connectivity index (χ2n) is 11.8. The van der Waals surface area contributed by atoms with Crippen LogP contribution in [0, 0.1) is 0 Å². The van der Waals surface area contributed by atoms with Crippen LogP contribution in [0.3, 0.4) is 0 Å². The molecule has 0 aliphatic rings. The van der Waals surface area contributed by atoms with Gasteiger partial charge in [0.15, 0.2) is 22.3 Å². The molecule has 0 aliphatic carbocycles. The van der Waals surface area contributed by atoms with Crippen LogP contribution < -0.4 is 11.1 Å². The van der Waals surface area contributed by atoms with E-state index in [1.54, 1.807) is 31.1 Å². The average molecular weight is 845 g/mol. The molecular formula is C33H54N10O12P2. The Labute approximate surface area is 329 Å². The van der Waals surface area contributed by atoms with Crippen molar-refractivity contribution < 1.29 is 46.3 Å². The zero-order valence-electron chi connectivity index (χ0n) is 33.1. The first kappa shape index (κ1) is 48.9. The van der Waals surface area contributed by atoms with E-state index in [1.165, 1.54) is 12.7 Å². The summed E-state index contributed by atoms with van der Waals surface area (Å²) in [6.07, 6.45) is 7.71. The number of imidazole rings is 2. The van der Waals surface area contributed by atoms with Gasteiger partial charge >= 0.3 is 21.3 Å². The van der Waals surface area contributed by atoms with Crippen LogP contribution in [0.15, 0.2) is 34.9 Å². The molecule has 4 heterocycles. The zero-order valence-corrected chi connectivity index (χ0v) is 34.9. The van der Waals surface area contributed by atoms with Crippen LogP contribution in [0.2, 0.25) is 0 Å². The Hall–Kier alpha value is -4.23. The van der Waals surface area contributed by atoms with Crippen LogP contribution >= 0.6 is 15.2 Å². The van der Waals surface area contributed by atoms with Gasteiger partial charge in [-0.2, -0.15) is 9.59 Å². The van der Waals surface area contributed by atoms with Crippen molar-refractivity contribution in [3.8, 4) is 0 Å². The fourth-order valence-corrected chi connectivity index (χ4v) is 8.77. The van der Waals surface area contributed by atoms with Gasteiger partial charge in [0.25, 0.3) is 17.6 Å². The first-order valence-corrected chi connectivity index (χ1v) is 21.9. The van der Waals surface area contributed by atoms with Crippen LogP contribution in [0.4, 0.5) is 0 Å². The maximum Gasteiger partial charge on any atom is 0.373 e. The monoisotopic (exact) mass is 844 g/mol. The van der Waals surface area contributed by atoms with Crippen molar-refractivity contribution in [1.82, 2.24) is 48.8 Å². The maximum atomic E-state index is 12.7. The van der Waals surface area contributed by atoms with Crippen molar-refractivity contribution in [2.45, 2.75) is 54.1 Å². The number of carbonyl (C=O) groups excluding carboxylic acids is 3. The SMILES string of the molecule is CCCN(CCn1cnc2c(=O)[nH]cnc21)CCP(=O)(OCC)OCC.CCOP(=O)(CCN(CCOC=O)CCn1cnc2c(=O)[nH]cnc21)OCC.O=C=O. The van der Waals surface area contributed by atoms with Gasteiger partial charge in [0.1, 0.15) is 6.61 Å². The molecule has 4 aromatic heterocycles. The molecule has 0 saturated heterocycles. The number of rotatable bonds is 26. The molecule has 0 fully saturated rings. The molecule has 0 amide bonds. The fraction of sp³-hybridized carbons (Fsp3) is 0.636. The lowest BCUT2D eigenvalue weighted by Crippen LogP contribution is -2.33. The zero-order chi connectivity index (χ0) is 42.1. The number of hydrogen-bond acceptors (Lipinski definition) is 18. The minimum atomic E-state index is -3.17. The smallest absolute Gasteiger partial charge is 0.373 e. The Morgan fingerprint density at radius 3 is 1.44 bits per heavy atom. The molecule has 318 valence electrons. The van der Waals surface area contributed by atoms with Crippen molar-refractivity contribution in [2.75, 3.05) is 84.6 Å². The van der Waals surface area contributed by atoms with Gasteiger partial charge < -0.3 is 46.8 Å². The van der Waals surface area contributed by atoms with E-state index < -0.39 is 15.2 Å². The highest BCUT2D eigenvalue weighted by atomic mass is 31.2. The molecular weight excluding hydrogens is 790 g/mol. The topological polar surface area (TPSA) is 265 Å². The Morgan fingerprint density at radius 2 is 1.07 bits per heavy atom. The lowest BCUT2D eigenvalue weighted by atomic mass is 10.4. The van der Waals surface area contributed by atoms with E-state index in [2.05, 4.69) is 41.7 Å². The predicted molar refractivity (Wildman–Crippen MR) is 208 cm³/mol. The normalized spacial score (nSPS) is 11.6. The lowest BCUT2D eigenvalue weighted by molar-refractivity contribution is -0.191. The molecule has 0 unspecified atom stereocenters. The Bertz CT molecular complexity index is 1990. The summed E-state index contributed by atoms with van der Waals surface area (Å²) in [6.45, 7) is 16.0. The van der Waals surface area contributed by atoms with E-state index >= 15 is 0 Å². The molecule has 24 heteroatoms. The molecule has 4 aromatic rings. The van der Waals surface area contributed by atoms with Crippen molar-refractivity contribution in [3.63, 3.8) is 0 Å². The largest absolute Gasteiger partial charge is 0.467 e. The maximum absolute atomic E-state index is 12.7. The van der Waals surface area contributed by atoms with E-state index in [-0.39, 0.29) is 35.6 Å². The highest BCUT2D eigenvalue weighted by molar-refractivity contribution is 7.54. The van der Waals surface area contributed by atoms with Crippen LogP contribution in [-0.4, -0.2) is 146 Å². The molecule has 0 aromatic carbocycles. The van der Waals surface area contributed by atoms with E-state index in [1.807, 2.05) is 23.3 Å². The molecule has 0 aliphatic heterocycles. The van der Waals surface area contributed by atoms with E-state index in [0.29, 0.717) is 95.1 Å². The number of nitrogens with zero attached hydrogens (tertiary/aromatic N) is 8. The molecule has 0 spiro atoms. The molecule has 0 atom stereocenters. The Balaban J connectivity index is 0.000000369. The molecule has 0 saturated carbocycles. The number of H-pyrrole nitrogens is 2. The van der Waals surface area contributed by atoms with E-state index in [0.717, 1.165) is 19.5 Å². The summed E-state index contributed by atoms with van der Waals surface area (Å²) in [6, 6.07) is 0. The summed E-state index contributed by atoms with van der Waals surface area (Å²) < 4.78 is 55.1. The Kier molecular flexibility index (Phi) is 22.9. The standard InChI is InChI=1S/C16H26N5O6P.C16H28N5O4P.CO2/c1-3-26-28(24,27-4-2)10-8-20(7-9-25-13-22)5-6-21-12-19-14-15(21)17-11-18-16(14)23;1-4-7-20(10-11-26(23,24-5-2)25-6-3)8-9-21-13-19-14-15(21)17-12-18-16(14)22;2-1-3/h11-13H,3-10H2,1-2H3,(H,17,18,23);12-13H,4-11H2,1-3H3,(H,17,18,22);. The summed E-state index contributed by atoms with van der Waals surface area (Å²) in [7, 11) is -6.22. The molecule has 0 bridgehead atoms. The highest BCUT2D eigenvalue weighted by Gasteiger charge is 2.25. The number of carbonyl (C=O) groups is 1. The molecule has 22 nitrogen and oxygen atoms in total. The van der Waals surface area contributed by atoms with E-state index in [4.69, 9.17) is 32.4 Å². The first-order chi connectivity index (χ1) is 27.5. The van der Waals surface area contributed by atoms with Crippen molar-refractivity contribution in [2.24, 2.45) is 0 Å². The van der Waals surface area contributed by atoms with Gasteiger partial charge in [-0.3, -0.25) is 28.4 Å².